The molecule has 0 spiro atoms. The Labute approximate surface area is 80.1 Å². The van der Waals surface area contributed by atoms with Crippen LogP contribution in [0, 0.1) is 0 Å². The van der Waals surface area contributed by atoms with Crippen molar-refractivity contribution in [3.63, 3.8) is 0 Å². The number of rotatable bonds is 6. The molecule has 0 radical (unpaired) electrons. The van der Waals surface area contributed by atoms with Crippen LogP contribution >= 0.6 is 0 Å². The molecule has 0 atom stereocenters. The summed E-state index contributed by atoms with van der Waals surface area (Å²) >= 11 is 0. The lowest BCUT2D eigenvalue weighted by Gasteiger charge is -2.13. The smallest absolute Gasteiger partial charge is 0.0677 e. The van der Waals surface area contributed by atoms with Crippen LogP contribution in [0.5, 0.6) is 0 Å². The van der Waals surface area contributed by atoms with E-state index in [1.54, 1.807) is 7.11 Å². The Morgan fingerprint density at radius 3 is 3.08 bits per heavy atom. The van der Waals surface area contributed by atoms with Gasteiger partial charge in [-0.1, -0.05) is 6.08 Å². The maximum atomic E-state index is 5.50. The van der Waals surface area contributed by atoms with E-state index in [2.05, 4.69) is 11.4 Å². The van der Waals surface area contributed by atoms with Gasteiger partial charge in [-0.2, -0.15) is 0 Å². The fraction of sp³-hybridized carbons (Fsp3) is 0.800. The molecule has 0 aromatic heterocycles. The Balaban J connectivity index is 1.95. The Bertz CT molecular complexity index is 157. The molecule has 76 valence electrons. The highest BCUT2D eigenvalue weighted by atomic mass is 16.5. The second-order valence-corrected chi connectivity index (χ2v) is 3.22. The summed E-state index contributed by atoms with van der Waals surface area (Å²) < 4.78 is 10.4. The van der Waals surface area contributed by atoms with Crippen molar-refractivity contribution in [1.29, 1.82) is 0 Å². The normalized spacial score (nSPS) is 17.2. The van der Waals surface area contributed by atoms with Gasteiger partial charge in [-0.25, -0.2) is 0 Å². The molecule has 0 saturated heterocycles. The zero-order valence-electron chi connectivity index (χ0n) is 8.34. The molecule has 1 rings (SSSR count). The minimum absolute atomic E-state index is 0.792. The van der Waals surface area contributed by atoms with E-state index in [0.717, 1.165) is 45.8 Å². The minimum Gasteiger partial charge on any atom is -0.385 e. The lowest BCUT2D eigenvalue weighted by molar-refractivity contribution is 0.115. The summed E-state index contributed by atoms with van der Waals surface area (Å²) in [5.41, 5.74) is 1.43. The fourth-order valence-electron chi connectivity index (χ4n) is 1.31. The molecule has 0 aromatic carbocycles. The first-order chi connectivity index (χ1) is 6.43. The highest BCUT2D eigenvalue weighted by Gasteiger charge is 2.01. The molecule has 3 nitrogen and oxygen atoms in total. The highest BCUT2D eigenvalue weighted by molar-refractivity contribution is 5.06. The number of methoxy groups -OCH3 is 1. The molecule has 1 N–H and O–H groups in total. The number of hydrogen-bond donors (Lipinski definition) is 1. The topological polar surface area (TPSA) is 30.5 Å². The van der Waals surface area contributed by atoms with Crippen LogP contribution in [0.15, 0.2) is 11.6 Å². The Hall–Kier alpha value is -0.380. The average Bonchev–Trinajstić information content (AvgIpc) is 2.19. The standard InChI is InChI=1S/C10H19NO2/c1-12-7-2-8-13-9-10-3-5-11-6-4-10/h3,11H,2,4-9H2,1H3. The third-order valence-corrected chi connectivity index (χ3v) is 2.08. The van der Waals surface area contributed by atoms with Gasteiger partial charge in [-0.15, -0.1) is 0 Å². The van der Waals surface area contributed by atoms with E-state index in [4.69, 9.17) is 9.47 Å². The van der Waals surface area contributed by atoms with Gasteiger partial charge in [-0.05, 0) is 25.0 Å². The molecule has 0 amide bonds. The van der Waals surface area contributed by atoms with E-state index < -0.39 is 0 Å². The summed E-state index contributed by atoms with van der Waals surface area (Å²) in [7, 11) is 1.72. The number of hydrogen-bond acceptors (Lipinski definition) is 3. The summed E-state index contributed by atoms with van der Waals surface area (Å²) in [6.07, 6.45) is 4.34. The predicted molar refractivity (Wildman–Crippen MR) is 52.9 cm³/mol. The van der Waals surface area contributed by atoms with Crippen molar-refractivity contribution in [2.24, 2.45) is 0 Å². The van der Waals surface area contributed by atoms with Gasteiger partial charge in [0.25, 0.3) is 0 Å². The molecule has 0 aromatic rings. The Morgan fingerprint density at radius 1 is 1.46 bits per heavy atom. The van der Waals surface area contributed by atoms with Gasteiger partial charge in [0.05, 0.1) is 6.61 Å². The largest absolute Gasteiger partial charge is 0.385 e. The molecule has 3 heteroatoms. The molecular formula is C10H19NO2. The Kier molecular flexibility index (Phi) is 5.81. The average molecular weight is 185 g/mol. The highest BCUT2D eigenvalue weighted by Crippen LogP contribution is 2.04. The van der Waals surface area contributed by atoms with Crippen LogP contribution in [0.4, 0.5) is 0 Å². The first-order valence-electron chi connectivity index (χ1n) is 4.89. The lowest BCUT2D eigenvalue weighted by Crippen LogP contribution is -2.22. The van der Waals surface area contributed by atoms with E-state index in [9.17, 15) is 0 Å². The van der Waals surface area contributed by atoms with Gasteiger partial charge in [-0.3, -0.25) is 0 Å². The third-order valence-electron chi connectivity index (χ3n) is 2.08. The maximum Gasteiger partial charge on any atom is 0.0677 e. The summed E-state index contributed by atoms with van der Waals surface area (Å²) in [4.78, 5) is 0. The van der Waals surface area contributed by atoms with Crippen LogP contribution in [0.2, 0.25) is 0 Å². The van der Waals surface area contributed by atoms with Gasteiger partial charge in [0, 0.05) is 26.9 Å². The summed E-state index contributed by atoms with van der Waals surface area (Å²) in [6.45, 7) is 4.48. The van der Waals surface area contributed by atoms with Crippen molar-refractivity contribution in [3.05, 3.63) is 11.6 Å². The number of ether oxygens (including phenoxy) is 2. The monoisotopic (exact) mass is 185 g/mol. The first-order valence-corrected chi connectivity index (χ1v) is 4.89. The van der Waals surface area contributed by atoms with Crippen LogP contribution < -0.4 is 5.32 Å². The van der Waals surface area contributed by atoms with Crippen molar-refractivity contribution >= 4 is 0 Å². The zero-order valence-corrected chi connectivity index (χ0v) is 8.34. The molecule has 0 unspecified atom stereocenters. The van der Waals surface area contributed by atoms with Crippen LogP contribution in [0.25, 0.3) is 0 Å². The van der Waals surface area contributed by atoms with Gasteiger partial charge in [0.1, 0.15) is 0 Å². The van der Waals surface area contributed by atoms with E-state index in [1.807, 2.05) is 0 Å². The summed E-state index contributed by atoms with van der Waals surface area (Å²) in [5, 5.41) is 3.27. The van der Waals surface area contributed by atoms with Crippen molar-refractivity contribution < 1.29 is 9.47 Å². The fourth-order valence-corrected chi connectivity index (χ4v) is 1.31. The van der Waals surface area contributed by atoms with Crippen molar-refractivity contribution in [2.45, 2.75) is 12.8 Å². The summed E-state index contributed by atoms with van der Waals surface area (Å²) in [5.74, 6) is 0. The summed E-state index contributed by atoms with van der Waals surface area (Å²) in [6, 6.07) is 0. The van der Waals surface area contributed by atoms with Gasteiger partial charge >= 0.3 is 0 Å². The van der Waals surface area contributed by atoms with Crippen molar-refractivity contribution in [3.8, 4) is 0 Å². The van der Waals surface area contributed by atoms with Crippen LogP contribution in [0.1, 0.15) is 12.8 Å². The molecule has 0 bridgehead atoms. The van der Waals surface area contributed by atoms with E-state index >= 15 is 0 Å². The molecular weight excluding hydrogens is 166 g/mol. The maximum absolute atomic E-state index is 5.50. The second-order valence-electron chi connectivity index (χ2n) is 3.22. The second kappa shape index (κ2) is 7.06. The quantitative estimate of drug-likeness (QED) is 0.494. The number of nitrogens with one attached hydrogen (secondary N) is 1. The van der Waals surface area contributed by atoms with Crippen LogP contribution in [-0.2, 0) is 9.47 Å². The SMILES string of the molecule is COCCCOCC1=CCNCC1. The predicted octanol–water partition coefficient (Wildman–Crippen LogP) is 0.959. The van der Waals surface area contributed by atoms with Crippen molar-refractivity contribution in [1.82, 2.24) is 5.32 Å². The first kappa shape index (κ1) is 10.7. The van der Waals surface area contributed by atoms with E-state index in [0.29, 0.717) is 0 Å². The van der Waals surface area contributed by atoms with Crippen LogP contribution in [-0.4, -0.2) is 40.0 Å². The lowest BCUT2D eigenvalue weighted by atomic mass is 10.1. The molecule has 0 fully saturated rings. The molecule has 0 saturated carbocycles. The molecule has 1 heterocycles. The minimum atomic E-state index is 0.792. The van der Waals surface area contributed by atoms with Gasteiger partial charge < -0.3 is 14.8 Å². The molecule has 0 aliphatic carbocycles. The van der Waals surface area contributed by atoms with Gasteiger partial charge in [0.2, 0.25) is 0 Å². The molecule has 1 aliphatic rings. The van der Waals surface area contributed by atoms with Gasteiger partial charge in [0.15, 0.2) is 0 Å². The van der Waals surface area contributed by atoms with E-state index in [-0.39, 0.29) is 0 Å². The zero-order chi connectivity index (χ0) is 9.36. The van der Waals surface area contributed by atoms with Crippen molar-refractivity contribution in [2.75, 3.05) is 40.0 Å². The molecule has 13 heavy (non-hydrogen) atoms. The van der Waals surface area contributed by atoms with Crippen LogP contribution in [0.3, 0.4) is 0 Å². The molecule has 1 aliphatic heterocycles. The Morgan fingerprint density at radius 2 is 2.38 bits per heavy atom. The van der Waals surface area contributed by atoms with E-state index in [1.165, 1.54) is 5.57 Å². The third kappa shape index (κ3) is 5.03.